The van der Waals surface area contributed by atoms with Gasteiger partial charge in [-0.05, 0) is 34.2 Å². The standard InChI is InChI=1S/C12H25NO3/c1-12(2,3)16-10-8-9(13-4)11(10)15-7-6-14-5/h9-11,13H,6-8H2,1-5H3. The Kier molecular flexibility index (Phi) is 5.18. The summed E-state index contributed by atoms with van der Waals surface area (Å²) in [7, 11) is 3.65. The monoisotopic (exact) mass is 231 g/mol. The molecule has 0 aromatic carbocycles. The molecule has 0 aliphatic heterocycles. The predicted octanol–water partition coefficient (Wildman–Crippen LogP) is 1.19. The predicted molar refractivity (Wildman–Crippen MR) is 63.7 cm³/mol. The molecule has 16 heavy (non-hydrogen) atoms. The summed E-state index contributed by atoms with van der Waals surface area (Å²) in [6, 6.07) is 0.407. The van der Waals surface area contributed by atoms with Gasteiger partial charge in [-0.2, -0.15) is 0 Å². The molecule has 96 valence electrons. The summed E-state index contributed by atoms with van der Waals surface area (Å²) in [5, 5.41) is 3.25. The molecule has 0 radical (unpaired) electrons. The maximum atomic E-state index is 5.94. The van der Waals surface area contributed by atoms with Crippen LogP contribution >= 0.6 is 0 Å². The van der Waals surface area contributed by atoms with Crippen molar-refractivity contribution in [3.63, 3.8) is 0 Å². The second-order valence-electron chi connectivity index (χ2n) is 5.23. The Morgan fingerprint density at radius 2 is 1.94 bits per heavy atom. The number of methoxy groups -OCH3 is 1. The highest BCUT2D eigenvalue weighted by Gasteiger charge is 2.43. The number of hydrogen-bond donors (Lipinski definition) is 1. The lowest BCUT2D eigenvalue weighted by atomic mass is 9.84. The van der Waals surface area contributed by atoms with Gasteiger partial charge in [-0.1, -0.05) is 0 Å². The zero-order valence-corrected chi connectivity index (χ0v) is 11.1. The minimum atomic E-state index is -0.105. The van der Waals surface area contributed by atoms with E-state index in [1.807, 2.05) is 7.05 Å². The molecule has 0 heterocycles. The zero-order valence-electron chi connectivity index (χ0n) is 11.1. The molecule has 0 spiro atoms. The third kappa shape index (κ3) is 4.01. The van der Waals surface area contributed by atoms with Crippen LogP contribution in [-0.2, 0) is 14.2 Å². The van der Waals surface area contributed by atoms with Gasteiger partial charge in [-0.15, -0.1) is 0 Å². The van der Waals surface area contributed by atoms with Gasteiger partial charge in [0.05, 0.1) is 31.0 Å². The Balaban J connectivity index is 2.35. The average Bonchev–Trinajstić information content (AvgIpc) is 2.17. The van der Waals surface area contributed by atoms with E-state index in [0.29, 0.717) is 19.3 Å². The number of likely N-dealkylation sites (N-methyl/N-ethyl adjacent to an activating group) is 1. The van der Waals surface area contributed by atoms with Gasteiger partial charge in [0.2, 0.25) is 0 Å². The van der Waals surface area contributed by atoms with Crippen molar-refractivity contribution in [2.75, 3.05) is 27.4 Å². The summed E-state index contributed by atoms with van der Waals surface area (Å²) in [5.41, 5.74) is -0.105. The molecule has 1 aliphatic carbocycles. The highest BCUT2D eigenvalue weighted by atomic mass is 16.6. The van der Waals surface area contributed by atoms with E-state index in [2.05, 4.69) is 26.1 Å². The number of rotatable bonds is 6. The lowest BCUT2D eigenvalue weighted by Crippen LogP contribution is -2.60. The third-order valence-electron chi connectivity index (χ3n) is 2.72. The van der Waals surface area contributed by atoms with Gasteiger partial charge < -0.3 is 19.5 Å². The molecule has 0 aromatic rings. The van der Waals surface area contributed by atoms with E-state index < -0.39 is 0 Å². The summed E-state index contributed by atoms with van der Waals surface area (Å²) >= 11 is 0. The summed E-state index contributed by atoms with van der Waals surface area (Å²) in [4.78, 5) is 0. The topological polar surface area (TPSA) is 39.7 Å². The van der Waals surface area contributed by atoms with Gasteiger partial charge in [0.25, 0.3) is 0 Å². The quantitative estimate of drug-likeness (QED) is 0.697. The van der Waals surface area contributed by atoms with Crippen molar-refractivity contribution in [1.29, 1.82) is 0 Å². The highest BCUT2D eigenvalue weighted by molar-refractivity contribution is 4.97. The molecule has 0 bridgehead atoms. The largest absolute Gasteiger partial charge is 0.382 e. The van der Waals surface area contributed by atoms with Crippen molar-refractivity contribution in [3.8, 4) is 0 Å². The molecule has 0 amide bonds. The van der Waals surface area contributed by atoms with Crippen molar-refractivity contribution >= 4 is 0 Å². The Bertz CT molecular complexity index is 203. The number of hydrogen-bond acceptors (Lipinski definition) is 4. The van der Waals surface area contributed by atoms with Crippen LogP contribution in [0.5, 0.6) is 0 Å². The molecule has 1 fully saturated rings. The Morgan fingerprint density at radius 1 is 1.25 bits per heavy atom. The third-order valence-corrected chi connectivity index (χ3v) is 2.72. The molecule has 3 atom stereocenters. The molecule has 4 nitrogen and oxygen atoms in total. The van der Waals surface area contributed by atoms with E-state index in [1.165, 1.54) is 0 Å². The van der Waals surface area contributed by atoms with Crippen LogP contribution < -0.4 is 5.32 Å². The van der Waals surface area contributed by atoms with Gasteiger partial charge in [0.15, 0.2) is 0 Å². The first kappa shape index (κ1) is 13.9. The molecule has 1 N–H and O–H groups in total. The smallest absolute Gasteiger partial charge is 0.0992 e. The number of ether oxygens (including phenoxy) is 3. The SMILES string of the molecule is CNC1CC(OC(C)(C)C)C1OCCOC. The summed E-state index contributed by atoms with van der Waals surface area (Å²) in [5.74, 6) is 0. The van der Waals surface area contributed by atoms with Crippen molar-refractivity contribution in [1.82, 2.24) is 5.32 Å². The minimum Gasteiger partial charge on any atom is -0.382 e. The Hall–Kier alpha value is -0.160. The lowest BCUT2D eigenvalue weighted by Gasteiger charge is -2.46. The molecular weight excluding hydrogens is 206 g/mol. The molecule has 3 unspecified atom stereocenters. The molecule has 1 aliphatic rings. The van der Waals surface area contributed by atoms with Crippen LogP contribution in [0, 0.1) is 0 Å². The molecule has 4 heteroatoms. The molecule has 0 aromatic heterocycles. The van der Waals surface area contributed by atoms with E-state index in [0.717, 1.165) is 6.42 Å². The van der Waals surface area contributed by atoms with Gasteiger partial charge in [-0.3, -0.25) is 0 Å². The van der Waals surface area contributed by atoms with E-state index in [1.54, 1.807) is 7.11 Å². The minimum absolute atomic E-state index is 0.105. The van der Waals surface area contributed by atoms with Gasteiger partial charge in [0.1, 0.15) is 0 Å². The van der Waals surface area contributed by atoms with Crippen LogP contribution in [-0.4, -0.2) is 51.2 Å². The fourth-order valence-electron chi connectivity index (χ4n) is 1.92. The normalized spacial score (nSPS) is 30.2. The van der Waals surface area contributed by atoms with Crippen LogP contribution in [0.4, 0.5) is 0 Å². The second kappa shape index (κ2) is 5.96. The molecule has 1 saturated carbocycles. The summed E-state index contributed by atoms with van der Waals surface area (Å²) in [6.45, 7) is 7.49. The van der Waals surface area contributed by atoms with Crippen LogP contribution in [0.2, 0.25) is 0 Å². The maximum Gasteiger partial charge on any atom is 0.0992 e. The summed E-state index contributed by atoms with van der Waals surface area (Å²) < 4.78 is 16.7. The van der Waals surface area contributed by atoms with Crippen molar-refractivity contribution in [3.05, 3.63) is 0 Å². The van der Waals surface area contributed by atoms with Crippen molar-refractivity contribution in [2.24, 2.45) is 0 Å². The van der Waals surface area contributed by atoms with Crippen LogP contribution in [0.25, 0.3) is 0 Å². The fourth-order valence-corrected chi connectivity index (χ4v) is 1.92. The van der Waals surface area contributed by atoms with E-state index in [9.17, 15) is 0 Å². The average molecular weight is 231 g/mol. The highest BCUT2D eigenvalue weighted by Crippen LogP contribution is 2.30. The van der Waals surface area contributed by atoms with Crippen molar-refractivity contribution in [2.45, 2.75) is 51.0 Å². The van der Waals surface area contributed by atoms with Crippen LogP contribution in [0.3, 0.4) is 0 Å². The fraction of sp³-hybridized carbons (Fsp3) is 1.00. The Morgan fingerprint density at radius 3 is 2.44 bits per heavy atom. The Labute approximate surface area is 98.6 Å². The zero-order chi connectivity index (χ0) is 12.2. The van der Waals surface area contributed by atoms with E-state index in [4.69, 9.17) is 14.2 Å². The first-order chi connectivity index (χ1) is 7.48. The van der Waals surface area contributed by atoms with E-state index >= 15 is 0 Å². The molecule has 1 rings (SSSR count). The molecular formula is C12H25NO3. The van der Waals surface area contributed by atoms with Gasteiger partial charge >= 0.3 is 0 Å². The van der Waals surface area contributed by atoms with Crippen LogP contribution in [0.1, 0.15) is 27.2 Å². The van der Waals surface area contributed by atoms with Crippen molar-refractivity contribution < 1.29 is 14.2 Å². The lowest BCUT2D eigenvalue weighted by molar-refractivity contribution is -0.189. The van der Waals surface area contributed by atoms with E-state index in [-0.39, 0.29) is 17.8 Å². The van der Waals surface area contributed by atoms with Gasteiger partial charge in [0, 0.05) is 13.2 Å². The first-order valence-electron chi connectivity index (χ1n) is 5.93. The van der Waals surface area contributed by atoms with Gasteiger partial charge in [-0.25, -0.2) is 0 Å². The second-order valence-corrected chi connectivity index (χ2v) is 5.23. The summed E-state index contributed by atoms with van der Waals surface area (Å²) in [6.07, 6.45) is 1.37. The first-order valence-corrected chi connectivity index (χ1v) is 5.93. The number of nitrogens with one attached hydrogen (secondary N) is 1. The molecule has 0 saturated heterocycles. The maximum absolute atomic E-state index is 5.94. The van der Waals surface area contributed by atoms with Crippen LogP contribution in [0.15, 0.2) is 0 Å².